The molecule has 0 spiro atoms. The van der Waals surface area contributed by atoms with Crippen molar-refractivity contribution in [2.45, 2.75) is 12.1 Å². The van der Waals surface area contributed by atoms with E-state index in [4.69, 9.17) is 5.11 Å². The maximum absolute atomic E-state index is 14.0. The Kier molecular flexibility index (Phi) is 4.26. The number of aromatic nitrogens is 2. The van der Waals surface area contributed by atoms with Crippen molar-refractivity contribution in [1.29, 1.82) is 0 Å². The molecule has 0 unspecified atom stereocenters. The van der Waals surface area contributed by atoms with E-state index in [1.54, 1.807) is 29.8 Å². The molecular weight excluding hydrogens is 335 g/mol. The topological polar surface area (TPSA) is 55.1 Å². The molecule has 0 bridgehead atoms. The van der Waals surface area contributed by atoms with Gasteiger partial charge in [-0.1, -0.05) is 27.7 Å². The molecule has 0 aliphatic carbocycles. The number of imidazole rings is 1. The van der Waals surface area contributed by atoms with Gasteiger partial charge in [0.15, 0.2) is 5.16 Å². The van der Waals surface area contributed by atoms with E-state index in [1.165, 1.54) is 6.07 Å². The molecule has 4 nitrogen and oxygen atoms in total. The van der Waals surface area contributed by atoms with Crippen LogP contribution in [0.15, 0.2) is 34.0 Å². The van der Waals surface area contributed by atoms with Crippen LogP contribution >= 0.6 is 27.7 Å². The van der Waals surface area contributed by atoms with E-state index < -0.39 is 11.8 Å². The van der Waals surface area contributed by atoms with Crippen molar-refractivity contribution in [3.8, 4) is 5.69 Å². The normalized spacial score (nSPS) is 10.7. The maximum Gasteiger partial charge on any atom is 0.313 e. The molecule has 1 N–H and O–H groups in total. The number of carboxylic acid groups (broad SMARTS) is 1. The molecule has 2 aromatic rings. The average Bonchev–Trinajstić information content (AvgIpc) is 2.68. The summed E-state index contributed by atoms with van der Waals surface area (Å²) in [6, 6.07) is 4.71. The molecule has 7 heteroatoms. The number of carbonyl (C=O) groups is 1. The number of benzene rings is 1. The summed E-state index contributed by atoms with van der Waals surface area (Å²) in [7, 11) is 0. The molecule has 0 aliphatic rings. The summed E-state index contributed by atoms with van der Waals surface area (Å²) in [5, 5.41) is 9.16. The first-order valence-electron chi connectivity index (χ1n) is 5.33. The van der Waals surface area contributed by atoms with Crippen molar-refractivity contribution >= 4 is 33.7 Å². The molecule has 2 rings (SSSR count). The number of rotatable bonds is 4. The second-order valence-corrected chi connectivity index (χ2v) is 5.65. The molecular formula is C12H10BrFN2O2S. The highest BCUT2D eigenvalue weighted by molar-refractivity contribution is 9.10. The van der Waals surface area contributed by atoms with Crippen molar-refractivity contribution < 1.29 is 14.3 Å². The fourth-order valence-corrected chi connectivity index (χ4v) is 2.68. The third-order valence-electron chi connectivity index (χ3n) is 2.38. The molecule has 0 saturated carbocycles. The first-order valence-corrected chi connectivity index (χ1v) is 7.11. The van der Waals surface area contributed by atoms with Crippen molar-refractivity contribution in [2.75, 3.05) is 5.75 Å². The Morgan fingerprint density at radius 3 is 2.95 bits per heavy atom. The fourth-order valence-electron chi connectivity index (χ4n) is 1.60. The van der Waals surface area contributed by atoms with E-state index in [1.807, 2.05) is 0 Å². The van der Waals surface area contributed by atoms with Crippen LogP contribution in [0.3, 0.4) is 0 Å². The summed E-state index contributed by atoms with van der Waals surface area (Å²) in [6.45, 7) is 1.79. The zero-order chi connectivity index (χ0) is 14.0. The van der Waals surface area contributed by atoms with E-state index in [2.05, 4.69) is 20.9 Å². The van der Waals surface area contributed by atoms with E-state index in [0.29, 0.717) is 15.3 Å². The van der Waals surface area contributed by atoms with Crippen LogP contribution in [-0.2, 0) is 4.79 Å². The van der Waals surface area contributed by atoms with Gasteiger partial charge in [-0.15, -0.1) is 0 Å². The van der Waals surface area contributed by atoms with Crippen LogP contribution in [0, 0.1) is 12.7 Å². The molecule has 1 aromatic heterocycles. The Labute approximate surface area is 121 Å². The number of hydrogen-bond acceptors (Lipinski definition) is 3. The summed E-state index contributed by atoms with van der Waals surface area (Å²) in [6.07, 6.45) is 1.59. The minimum Gasteiger partial charge on any atom is -0.481 e. The largest absolute Gasteiger partial charge is 0.481 e. The van der Waals surface area contributed by atoms with Gasteiger partial charge in [-0.2, -0.15) is 0 Å². The molecule has 0 aliphatic heterocycles. The van der Waals surface area contributed by atoms with Crippen LogP contribution in [0.4, 0.5) is 4.39 Å². The quantitative estimate of drug-likeness (QED) is 0.865. The summed E-state index contributed by atoms with van der Waals surface area (Å²) < 4.78 is 16.2. The Morgan fingerprint density at radius 1 is 1.58 bits per heavy atom. The molecule has 0 amide bonds. The van der Waals surface area contributed by atoms with Crippen LogP contribution in [0.25, 0.3) is 5.69 Å². The fraction of sp³-hybridized carbons (Fsp3) is 0.167. The van der Waals surface area contributed by atoms with Crippen molar-refractivity contribution in [2.24, 2.45) is 0 Å². The maximum atomic E-state index is 14.0. The SMILES string of the molecule is Cc1cnc(SCC(=O)O)n1-c1ccc(Br)cc1F. The van der Waals surface area contributed by atoms with E-state index in [-0.39, 0.29) is 5.75 Å². The second kappa shape index (κ2) is 5.75. The Bertz CT molecular complexity index is 630. The van der Waals surface area contributed by atoms with E-state index in [0.717, 1.165) is 17.5 Å². The third-order valence-corrected chi connectivity index (χ3v) is 3.81. The summed E-state index contributed by atoms with van der Waals surface area (Å²) in [5.41, 5.74) is 1.10. The highest BCUT2D eigenvalue weighted by Crippen LogP contribution is 2.26. The smallest absolute Gasteiger partial charge is 0.313 e. The monoisotopic (exact) mass is 344 g/mol. The minimum atomic E-state index is -0.937. The molecule has 100 valence electrons. The molecule has 0 atom stereocenters. The Balaban J connectivity index is 2.43. The van der Waals surface area contributed by atoms with Gasteiger partial charge in [0, 0.05) is 16.4 Å². The lowest BCUT2D eigenvalue weighted by molar-refractivity contribution is -0.133. The summed E-state index contributed by atoms with van der Waals surface area (Å²) >= 11 is 4.26. The van der Waals surface area contributed by atoms with Crippen LogP contribution in [0.5, 0.6) is 0 Å². The number of aryl methyl sites for hydroxylation is 1. The number of hydrogen-bond donors (Lipinski definition) is 1. The van der Waals surface area contributed by atoms with Gasteiger partial charge in [-0.3, -0.25) is 9.36 Å². The van der Waals surface area contributed by atoms with Gasteiger partial charge in [0.05, 0.1) is 11.4 Å². The Hall–Kier alpha value is -1.34. The van der Waals surface area contributed by atoms with Gasteiger partial charge in [0.2, 0.25) is 0 Å². The van der Waals surface area contributed by atoms with E-state index in [9.17, 15) is 9.18 Å². The van der Waals surface area contributed by atoms with Crippen LogP contribution < -0.4 is 0 Å². The predicted octanol–water partition coefficient (Wildman–Crippen LogP) is 3.26. The first kappa shape index (κ1) is 14.1. The van der Waals surface area contributed by atoms with Gasteiger partial charge in [0.25, 0.3) is 0 Å². The highest BCUT2D eigenvalue weighted by atomic mass is 79.9. The number of thioether (sulfide) groups is 1. The van der Waals surface area contributed by atoms with Gasteiger partial charge in [0.1, 0.15) is 5.82 Å². The van der Waals surface area contributed by atoms with Crippen LogP contribution in [0.1, 0.15) is 5.69 Å². The lowest BCUT2D eigenvalue weighted by atomic mass is 10.3. The van der Waals surface area contributed by atoms with E-state index >= 15 is 0 Å². The van der Waals surface area contributed by atoms with Crippen molar-refractivity contribution in [3.05, 3.63) is 40.4 Å². The minimum absolute atomic E-state index is 0.116. The zero-order valence-electron chi connectivity index (χ0n) is 9.93. The third kappa shape index (κ3) is 3.16. The molecule has 1 heterocycles. The van der Waals surface area contributed by atoms with Crippen molar-refractivity contribution in [3.63, 3.8) is 0 Å². The van der Waals surface area contributed by atoms with Gasteiger partial charge < -0.3 is 5.11 Å². The van der Waals surface area contributed by atoms with Crippen molar-refractivity contribution in [1.82, 2.24) is 9.55 Å². The van der Waals surface area contributed by atoms with Crippen LogP contribution in [-0.4, -0.2) is 26.4 Å². The number of aliphatic carboxylic acids is 1. The average molecular weight is 345 g/mol. The van der Waals surface area contributed by atoms with Gasteiger partial charge >= 0.3 is 5.97 Å². The number of nitrogens with zero attached hydrogens (tertiary/aromatic N) is 2. The molecule has 0 saturated heterocycles. The number of halogens is 2. The molecule has 1 aromatic carbocycles. The zero-order valence-corrected chi connectivity index (χ0v) is 12.3. The number of carboxylic acids is 1. The lowest BCUT2D eigenvalue weighted by Crippen LogP contribution is -2.04. The van der Waals surface area contributed by atoms with Gasteiger partial charge in [-0.25, -0.2) is 9.37 Å². The lowest BCUT2D eigenvalue weighted by Gasteiger charge is -2.10. The Morgan fingerprint density at radius 2 is 2.32 bits per heavy atom. The highest BCUT2D eigenvalue weighted by Gasteiger charge is 2.14. The molecule has 0 fully saturated rings. The van der Waals surface area contributed by atoms with Gasteiger partial charge in [-0.05, 0) is 25.1 Å². The second-order valence-electron chi connectivity index (χ2n) is 3.80. The van der Waals surface area contributed by atoms with Crippen LogP contribution in [0.2, 0.25) is 0 Å². The summed E-state index contributed by atoms with van der Waals surface area (Å²) in [5.74, 6) is -1.45. The predicted molar refractivity (Wildman–Crippen MR) is 74.3 cm³/mol. The summed E-state index contributed by atoms with van der Waals surface area (Å²) in [4.78, 5) is 14.7. The first-order chi connectivity index (χ1) is 8.99. The standard InChI is InChI=1S/C12H10BrFN2O2S/c1-7-5-15-12(19-6-11(17)18)16(7)10-3-2-8(13)4-9(10)14/h2-5H,6H2,1H3,(H,17,18). The molecule has 0 radical (unpaired) electrons. The molecule has 19 heavy (non-hydrogen) atoms.